The van der Waals surface area contributed by atoms with Crippen LogP contribution < -0.4 is 17.0 Å². The van der Waals surface area contributed by atoms with Gasteiger partial charge in [-0.15, -0.1) is 11.3 Å². The summed E-state index contributed by atoms with van der Waals surface area (Å²) in [4.78, 5) is 52.5. The molecule has 2 aromatic heterocycles. The molecule has 10 nitrogen and oxygen atoms in total. The number of benzene rings is 1. The lowest BCUT2D eigenvalue weighted by Crippen LogP contribution is -2.36. The quantitative estimate of drug-likeness (QED) is 0.429. The summed E-state index contributed by atoms with van der Waals surface area (Å²) >= 11 is 1.01. The number of fused-ring (bicyclic) bond motifs is 1. The summed E-state index contributed by atoms with van der Waals surface area (Å²) in [5, 5.41) is 11.1. The minimum atomic E-state index is -0.932. The Hall–Kier alpha value is -3.60. The predicted octanol–water partition coefficient (Wildman–Crippen LogP) is 1.80. The number of thiophene rings is 1. The van der Waals surface area contributed by atoms with Gasteiger partial charge in [0.25, 0.3) is 17.2 Å². The second kappa shape index (κ2) is 8.03. The van der Waals surface area contributed by atoms with Crippen molar-refractivity contribution in [3.63, 3.8) is 0 Å². The van der Waals surface area contributed by atoms with E-state index in [4.69, 9.17) is 11.5 Å². The number of nitro groups is 1. The molecule has 0 saturated heterocycles. The van der Waals surface area contributed by atoms with Gasteiger partial charge in [0.15, 0.2) is 0 Å². The van der Waals surface area contributed by atoms with Crippen molar-refractivity contribution in [2.75, 3.05) is 0 Å². The molecule has 0 spiro atoms. The van der Waals surface area contributed by atoms with Crippen LogP contribution in [0.3, 0.4) is 0 Å². The van der Waals surface area contributed by atoms with Gasteiger partial charge in [0, 0.05) is 18.6 Å². The van der Waals surface area contributed by atoms with Crippen molar-refractivity contribution in [3.05, 3.63) is 66.6 Å². The average Bonchev–Trinajstić information content (AvgIpc) is 3.01. The molecule has 156 valence electrons. The van der Waals surface area contributed by atoms with E-state index in [0.717, 1.165) is 11.3 Å². The molecule has 0 radical (unpaired) electrons. The fraction of sp³-hybridized carbons (Fsp3) is 0.263. The summed E-state index contributed by atoms with van der Waals surface area (Å²) in [5.74, 6) is -1.08. The third-order valence-electron chi connectivity index (χ3n) is 4.83. The Labute approximate surface area is 174 Å². The van der Waals surface area contributed by atoms with E-state index >= 15 is 0 Å². The Morgan fingerprint density at radius 1 is 1.27 bits per heavy atom. The highest BCUT2D eigenvalue weighted by atomic mass is 32.1. The molecule has 3 rings (SSSR count). The second-order valence-electron chi connectivity index (χ2n) is 6.73. The van der Waals surface area contributed by atoms with E-state index in [0.29, 0.717) is 16.0 Å². The van der Waals surface area contributed by atoms with Crippen LogP contribution >= 0.6 is 11.3 Å². The second-order valence-corrected chi connectivity index (χ2v) is 7.73. The van der Waals surface area contributed by atoms with Crippen molar-refractivity contribution < 1.29 is 14.5 Å². The number of aromatic nitrogens is 2. The molecule has 0 bridgehead atoms. The molecule has 0 aliphatic carbocycles. The number of hydrogen-bond acceptors (Lipinski definition) is 7. The van der Waals surface area contributed by atoms with E-state index in [9.17, 15) is 24.5 Å². The maximum atomic E-state index is 13.3. The molecule has 3 aromatic rings. The standard InChI is InChI=1S/C19H19N5O5S/c1-3-12(16(20)25)23-13(8-10-4-6-11(7-5-10)24(28)29)22-18-14(19(23)27)9(2)15(30-18)17(21)26/h4-7,12H,3,8H2,1-2H3,(H2,20,25)(H2,21,26). The number of aryl methyl sites for hydroxylation is 1. The summed E-state index contributed by atoms with van der Waals surface area (Å²) < 4.78 is 1.25. The largest absolute Gasteiger partial charge is 0.368 e. The molecule has 1 atom stereocenters. The van der Waals surface area contributed by atoms with Crippen LogP contribution in [0.4, 0.5) is 5.69 Å². The summed E-state index contributed by atoms with van der Waals surface area (Å²) in [5.41, 5.74) is 11.5. The SMILES string of the molecule is CCC(C(N)=O)n1c(Cc2ccc([N+](=O)[O-])cc2)nc2sc(C(N)=O)c(C)c2c1=O. The Balaban J connectivity index is 2.25. The van der Waals surface area contributed by atoms with Crippen LogP contribution in [0, 0.1) is 17.0 Å². The van der Waals surface area contributed by atoms with Crippen LogP contribution in [0.1, 0.15) is 46.0 Å². The average molecular weight is 429 g/mol. The van der Waals surface area contributed by atoms with Crippen molar-refractivity contribution in [2.45, 2.75) is 32.7 Å². The molecular formula is C19H19N5O5S. The molecule has 1 aromatic carbocycles. The summed E-state index contributed by atoms with van der Waals surface area (Å²) in [6, 6.07) is 4.88. The number of rotatable bonds is 7. The van der Waals surface area contributed by atoms with Crippen molar-refractivity contribution >= 4 is 39.1 Å². The number of nitrogens with zero attached hydrogens (tertiary/aromatic N) is 3. The van der Waals surface area contributed by atoms with Gasteiger partial charge in [0.1, 0.15) is 16.7 Å². The van der Waals surface area contributed by atoms with Crippen molar-refractivity contribution in [2.24, 2.45) is 11.5 Å². The smallest absolute Gasteiger partial charge is 0.269 e. The maximum Gasteiger partial charge on any atom is 0.269 e. The Morgan fingerprint density at radius 2 is 1.90 bits per heavy atom. The minimum absolute atomic E-state index is 0.0666. The zero-order chi connectivity index (χ0) is 22.2. The first-order valence-corrected chi connectivity index (χ1v) is 9.84. The van der Waals surface area contributed by atoms with E-state index in [1.807, 2.05) is 0 Å². The van der Waals surface area contributed by atoms with Crippen LogP contribution in [0.25, 0.3) is 10.2 Å². The van der Waals surface area contributed by atoms with E-state index < -0.39 is 28.3 Å². The zero-order valence-corrected chi connectivity index (χ0v) is 17.1. The number of nitro benzene ring substituents is 1. The van der Waals surface area contributed by atoms with Crippen molar-refractivity contribution in [1.29, 1.82) is 0 Å². The van der Waals surface area contributed by atoms with Gasteiger partial charge in [-0.25, -0.2) is 4.98 Å². The molecule has 0 aliphatic rings. The number of carbonyl (C=O) groups excluding carboxylic acids is 2. The fourth-order valence-electron chi connectivity index (χ4n) is 3.35. The third kappa shape index (κ3) is 3.66. The number of nitrogens with two attached hydrogens (primary N) is 2. The Kier molecular flexibility index (Phi) is 5.65. The van der Waals surface area contributed by atoms with Crippen LogP contribution in [-0.2, 0) is 11.2 Å². The number of primary amides is 2. The normalized spacial score (nSPS) is 12.1. The molecule has 2 amide bonds. The van der Waals surface area contributed by atoms with E-state index in [1.54, 1.807) is 26.0 Å². The van der Waals surface area contributed by atoms with Gasteiger partial charge in [0.05, 0.1) is 15.2 Å². The summed E-state index contributed by atoms with van der Waals surface area (Å²) in [7, 11) is 0. The van der Waals surface area contributed by atoms with Crippen LogP contribution in [0.15, 0.2) is 29.1 Å². The van der Waals surface area contributed by atoms with Gasteiger partial charge in [-0.2, -0.15) is 0 Å². The first kappa shape index (κ1) is 21.1. The molecular weight excluding hydrogens is 410 g/mol. The Morgan fingerprint density at radius 3 is 2.40 bits per heavy atom. The summed E-state index contributed by atoms with van der Waals surface area (Å²) in [6.07, 6.45) is 0.400. The van der Waals surface area contributed by atoms with Crippen LogP contribution in [-0.4, -0.2) is 26.3 Å². The molecule has 11 heteroatoms. The predicted molar refractivity (Wildman–Crippen MR) is 112 cm³/mol. The number of non-ortho nitro benzene ring substituents is 1. The monoisotopic (exact) mass is 429 g/mol. The highest BCUT2D eigenvalue weighted by Crippen LogP contribution is 2.28. The highest BCUT2D eigenvalue weighted by Gasteiger charge is 2.26. The lowest BCUT2D eigenvalue weighted by atomic mass is 10.1. The zero-order valence-electron chi connectivity index (χ0n) is 16.2. The number of carbonyl (C=O) groups is 2. The minimum Gasteiger partial charge on any atom is -0.368 e. The van der Waals surface area contributed by atoms with Gasteiger partial charge in [-0.1, -0.05) is 19.1 Å². The summed E-state index contributed by atoms with van der Waals surface area (Å²) in [6.45, 7) is 3.32. The van der Waals surface area contributed by atoms with Gasteiger partial charge >= 0.3 is 0 Å². The molecule has 0 saturated carbocycles. The van der Waals surface area contributed by atoms with Crippen LogP contribution in [0.5, 0.6) is 0 Å². The molecule has 1 unspecified atom stereocenters. The first-order valence-electron chi connectivity index (χ1n) is 9.02. The van der Waals surface area contributed by atoms with Gasteiger partial charge < -0.3 is 11.5 Å². The van der Waals surface area contributed by atoms with Crippen LogP contribution in [0.2, 0.25) is 0 Å². The fourth-order valence-corrected chi connectivity index (χ4v) is 4.39. The van der Waals surface area contributed by atoms with Gasteiger partial charge in [-0.05, 0) is 24.5 Å². The highest BCUT2D eigenvalue weighted by molar-refractivity contribution is 7.20. The molecule has 4 N–H and O–H groups in total. The van der Waals surface area contributed by atoms with Gasteiger partial charge in [-0.3, -0.25) is 29.1 Å². The van der Waals surface area contributed by atoms with E-state index in [-0.39, 0.29) is 34.6 Å². The first-order chi connectivity index (χ1) is 14.1. The third-order valence-corrected chi connectivity index (χ3v) is 6.03. The number of amides is 2. The molecule has 0 aliphatic heterocycles. The van der Waals surface area contributed by atoms with Gasteiger partial charge in [0.2, 0.25) is 5.91 Å². The van der Waals surface area contributed by atoms with Crippen molar-refractivity contribution in [1.82, 2.24) is 9.55 Å². The molecule has 0 fully saturated rings. The molecule has 2 heterocycles. The molecule has 30 heavy (non-hydrogen) atoms. The lowest BCUT2D eigenvalue weighted by Gasteiger charge is -2.19. The topological polar surface area (TPSA) is 164 Å². The maximum absolute atomic E-state index is 13.3. The Bertz CT molecular complexity index is 1230. The number of hydrogen-bond donors (Lipinski definition) is 2. The van der Waals surface area contributed by atoms with E-state index in [2.05, 4.69) is 4.98 Å². The van der Waals surface area contributed by atoms with E-state index in [1.165, 1.54) is 16.7 Å². The lowest BCUT2D eigenvalue weighted by molar-refractivity contribution is -0.384. The van der Waals surface area contributed by atoms with Crippen molar-refractivity contribution in [3.8, 4) is 0 Å².